The van der Waals surface area contributed by atoms with Crippen LogP contribution in [0.3, 0.4) is 0 Å². The Morgan fingerprint density at radius 3 is 2.52 bits per heavy atom. The molecule has 0 aliphatic carbocycles. The van der Waals surface area contributed by atoms with Gasteiger partial charge in [-0.25, -0.2) is 9.37 Å². The lowest BCUT2D eigenvalue weighted by Crippen LogP contribution is -2.19. The van der Waals surface area contributed by atoms with Crippen molar-refractivity contribution in [3.8, 4) is 11.3 Å². The number of rotatable bonds is 3. The van der Waals surface area contributed by atoms with Crippen LogP contribution in [0, 0.1) is 5.82 Å². The maximum Gasteiger partial charge on any atom is 0.131 e. The predicted octanol–water partition coefficient (Wildman–Crippen LogP) is 4.63. The van der Waals surface area contributed by atoms with Crippen molar-refractivity contribution in [1.29, 1.82) is 0 Å². The molecule has 2 N–H and O–H groups in total. The summed E-state index contributed by atoms with van der Waals surface area (Å²) in [5, 5.41) is 0.323. The molecule has 0 saturated carbocycles. The summed E-state index contributed by atoms with van der Waals surface area (Å²) < 4.78 is 15.2. The Labute approximate surface area is 129 Å². The Bertz CT molecular complexity index is 656. The number of hydrogen-bond acceptors (Lipinski definition) is 2. The normalized spacial score (nSPS) is 11.9. The second kappa shape index (κ2) is 5.68. The van der Waals surface area contributed by atoms with E-state index in [9.17, 15) is 4.39 Å². The third-order valence-corrected chi connectivity index (χ3v) is 3.62. The zero-order valence-electron chi connectivity index (χ0n) is 12.9. The van der Waals surface area contributed by atoms with E-state index in [0.29, 0.717) is 22.1 Å². The van der Waals surface area contributed by atoms with Crippen LogP contribution in [0.4, 0.5) is 10.2 Å². The van der Waals surface area contributed by atoms with Gasteiger partial charge in [0, 0.05) is 17.5 Å². The summed E-state index contributed by atoms with van der Waals surface area (Å²) in [5.41, 5.74) is 7.43. The zero-order chi connectivity index (χ0) is 15.8. The number of halogens is 2. The van der Waals surface area contributed by atoms with Crippen LogP contribution in [0.25, 0.3) is 11.3 Å². The minimum absolute atomic E-state index is 0.131. The number of nitrogens with two attached hydrogens (primary N) is 1. The molecule has 0 saturated heterocycles. The van der Waals surface area contributed by atoms with Crippen LogP contribution in [0.15, 0.2) is 18.2 Å². The number of anilines is 1. The fourth-order valence-electron chi connectivity index (χ4n) is 2.37. The molecule has 2 rings (SSSR count). The smallest absolute Gasteiger partial charge is 0.131 e. The molecule has 1 heterocycles. The zero-order valence-corrected chi connectivity index (χ0v) is 13.6. The van der Waals surface area contributed by atoms with Crippen LogP contribution in [0.1, 0.15) is 39.9 Å². The third-order valence-electron chi connectivity index (χ3n) is 3.31. The van der Waals surface area contributed by atoms with Crippen molar-refractivity contribution >= 4 is 17.4 Å². The molecule has 2 aromatic rings. The first kappa shape index (κ1) is 15.8. The molecule has 0 aliphatic heterocycles. The number of nitrogen functional groups attached to an aromatic ring is 1. The molecule has 5 heteroatoms. The van der Waals surface area contributed by atoms with Crippen LogP contribution >= 0.6 is 11.6 Å². The molecule has 0 bridgehead atoms. The highest BCUT2D eigenvalue weighted by Crippen LogP contribution is 2.35. The Morgan fingerprint density at radius 2 is 2.00 bits per heavy atom. The number of hydrogen-bond donors (Lipinski definition) is 1. The van der Waals surface area contributed by atoms with E-state index in [2.05, 4.69) is 27.7 Å². The Hall–Kier alpha value is -1.55. The van der Waals surface area contributed by atoms with E-state index < -0.39 is 0 Å². The topological polar surface area (TPSA) is 43.8 Å². The molecule has 0 aliphatic rings. The molecule has 0 unspecified atom stereocenters. The molecule has 1 aromatic heterocycles. The lowest BCUT2D eigenvalue weighted by atomic mass is 9.95. The van der Waals surface area contributed by atoms with E-state index in [1.165, 1.54) is 12.1 Å². The van der Waals surface area contributed by atoms with Crippen molar-refractivity contribution in [2.75, 3.05) is 5.73 Å². The summed E-state index contributed by atoms with van der Waals surface area (Å²) in [6.45, 7) is 9.17. The molecular formula is C16H21ClFN3. The van der Waals surface area contributed by atoms with Crippen LogP contribution in [0.5, 0.6) is 0 Å². The molecule has 114 valence electrons. The quantitative estimate of drug-likeness (QED) is 0.898. The molecule has 0 spiro atoms. The lowest BCUT2D eigenvalue weighted by Gasteiger charge is -2.19. The van der Waals surface area contributed by atoms with E-state index in [4.69, 9.17) is 22.3 Å². The summed E-state index contributed by atoms with van der Waals surface area (Å²) >= 11 is 6.14. The van der Waals surface area contributed by atoms with Gasteiger partial charge in [0.25, 0.3) is 0 Å². The van der Waals surface area contributed by atoms with Gasteiger partial charge < -0.3 is 10.3 Å². The lowest BCUT2D eigenvalue weighted by molar-refractivity contribution is 0.498. The summed E-state index contributed by atoms with van der Waals surface area (Å²) in [5.74, 6) is 1.12. The fraction of sp³-hybridized carbons (Fsp3) is 0.438. The Morgan fingerprint density at radius 1 is 1.33 bits per heavy atom. The molecule has 1 aromatic carbocycles. The standard InChI is InChI=1S/C16H21ClFN3/c1-5-8-21-14(19)13(20-15(21)16(2,3)4)11-7-6-10(18)9-12(11)17/h6-7,9H,5,8,19H2,1-4H3. The molecule has 0 amide bonds. The Balaban J connectivity index is 2.65. The van der Waals surface area contributed by atoms with E-state index in [-0.39, 0.29) is 11.2 Å². The average Bonchev–Trinajstić information content (AvgIpc) is 2.68. The third kappa shape index (κ3) is 3.05. The van der Waals surface area contributed by atoms with Crippen LogP contribution in [-0.2, 0) is 12.0 Å². The van der Waals surface area contributed by atoms with Crippen molar-refractivity contribution in [2.45, 2.75) is 46.1 Å². The van der Waals surface area contributed by atoms with E-state index in [1.807, 2.05) is 4.57 Å². The monoisotopic (exact) mass is 309 g/mol. The summed E-state index contributed by atoms with van der Waals surface area (Å²) in [4.78, 5) is 4.69. The first-order chi connectivity index (χ1) is 9.75. The van der Waals surface area contributed by atoms with E-state index in [0.717, 1.165) is 18.8 Å². The number of benzene rings is 1. The maximum absolute atomic E-state index is 13.2. The first-order valence-electron chi connectivity index (χ1n) is 7.07. The van der Waals surface area contributed by atoms with Gasteiger partial charge in [0.05, 0.1) is 5.02 Å². The van der Waals surface area contributed by atoms with Crippen molar-refractivity contribution < 1.29 is 4.39 Å². The second-order valence-electron chi connectivity index (χ2n) is 6.20. The SMILES string of the molecule is CCCn1c(C(C)(C)C)nc(-c2ccc(F)cc2Cl)c1N. The highest BCUT2D eigenvalue weighted by Gasteiger charge is 2.25. The highest BCUT2D eigenvalue weighted by molar-refractivity contribution is 6.33. The van der Waals surface area contributed by atoms with Crippen molar-refractivity contribution in [3.05, 3.63) is 34.9 Å². The van der Waals surface area contributed by atoms with Crippen LogP contribution in [-0.4, -0.2) is 9.55 Å². The largest absolute Gasteiger partial charge is 0.383 e. The van der Waals surface area contributed by atoms with Crippen LogP contribution < -0.4 is 5.73 Å². The van der Waals surface area contributed by atoms with Crippen molar-refractivity contribution in [3.63, 3.8) is 0 Å². The van der Waals surface area contributed by atoms with Gasteiger partial charge in [-0.15, -0.1) is 0 Å². The van der Waals surface area contributed by atoms with Gasteiger partial charge >= 0.3 is 0 Å². The minimum Gasteiger partial charge on any atom is -0.383 e. The summed E-state index contributed by atoms with van der Waals surface area (Å²) in [6.07, 6.45) is 0.959. The van der Waals surface area contributed by atoms with Gasteiger partial charge in [-0.05, 0) is 24.6 Å². The van der Waals surface area contributed by atoms with E-state index >= 15 is 0 Å². The molecule has 0 fully saturated rings. The van der Waals surface area contributed by atoms with Gasteiger partial charge in [-0.3, -0.25) is 0 Å². The van der Waals surface area contributed by atoms with Crippen LogP contribution in [0.2, 0.25) is 5.02 Å². The van der Waals surface area contributed by atoms with Gasteiger partial charge in [0.2, 0.25) is 0 Å². The molecular weight excluding hydrogens is 289 g/mol. The van der Waals surface area contributed by atoms with Gasteiger partial charge in [0.1, 0.15) is 23.2 Å². The number of aromatic nitrogens is 2. The van der Waals surface area contributed by atoms with Crippen molar-refractivity contribution in [1.82, 2.24) is 9.55 Å². The first-order valence-corrected chi connectivity index (χ1v) is 7.45. The number of imidazole rings is 1. The summed E-state index contributed by atoms with van der Waals surface area (Å²) in [6, 6.07) is 4.28. The molecule has 0 atom stereocenters. The molecule has 21 heavy (non-hydrogen) atoms. The van der Waals surface area contributed by atoms with Gasteiger partial charge in [-0.2, -0.15) is 0 Å². The van der Waals surface area contributed by atoms with Gasteiger partial charge in [-0.1, -0.05) is 39.3 Å². The average molecular weight is 310 g/mol. The van der Waals surface area contributed by atoms with Gasteiger partial charge in [0.15, 0.2) is 0 Å². The Kier molecular flexibility index (Phi) is 4.28. The second-order valence-corrected chi connectivity index (χ2v) is 6.60. The van der Waals surface area contributed by atoms with Crippen molar-refractivity contribution in [2.24, 2.45) is 0 Å². The highest BCUT2D eigenvalue weighted by atomic mass is 35.5. The molecule has 0 radical (unpaired) electrons. The minimum atomic E-state index is -0.369. The fourth-order valence-corrected chi connectivity index (χ4v) is 2.62. The molecule has 3 nitrogen and oxygen atoms in total. The van der Waals surface area contributed by atoms with E-state index in [1.54, 1.807) is 6.07 Å². The maximum atomic E-state index is 13.2. The number of nitrogens with zero attached hydrogens (tertiary/aromatic N) is 2. The summed E-state index contributed by atoms with van der Waals surface area (Å²) in [7, 11) is 0. The predicted molar refractivity (Wildman–Crippen MR) is 86.0 cm³/mol.